The van der Waals surface area contributed by atoms with Crippen LogP contribution in [0.15, 0.2) is 24.1 Å². The maximum Gasteiger partial charge on any atom is 0.429 e. The van der Waals surface area contributed by atoms with Crippen LogP contribution in [0.1, 0.15) is 0 Å². The molecule has 0 amide bonds. The van der Waals surface area contributed by atoms with Crippen molar-refractivity contribution in [3.05, 3.63) is 9.45 Å². The van der Waals surface area contributed by atoms with E-state index in [2.05, 4.69) is 15.9 Å². The predicted octanol–water partition coefficient (Wildman–Crippen LogP) is -3.08. The van der Waals surface area contributed by atoms with E-state index < -0.39 is 70.2 Å². The van der Waals surface area contributed by atoms with Crippen molar-refractivity contribution in [2.45, 2.75) is 19.6 Å². The molecule has 0 fully saturated rings. The molecule has 148 valence electrons. The van der Waals surface area contributed by atoms with Crippen LogP contribution in [0.25, 0.3) is 4.98 Å². The van der Waals surface area contributed by atoms with E-state index in [0.29, 0.717) is 0 Å². The highest BCUT2D eigenvalue weighted by atomic mass is 79.9. The Balaban J connectivity index is 0.00000625. The van der Waals surface area contributed by atoms with Crippen LogP contribution < -0.4 is 17.0 Å². The lowest BCUT2D eigenvalue weighted by atomic mass is 10.3. The Bertz CT molecular complexity index is 1150. The minimum atomic E-state index is -5.80. The zero-order valence-electron chi connectivity index (χ0n) is 11.3. The standard InChI is InChI=1S/C6H3BrN2O12S4.BrH/c7-1-3(22(10,11)12)5(24(16,17)18)2(9-8)6(25(19,20)21)4(1)23(13,14)15;/h(H3-,10,11,12,13,14,15,16,17,18,19,20,21);1H. The molecule has 0 aromatic heterocycles. The Morgan fingerprint density at radius 2 is 0.885 bits per heavy atom. The predicted molar refractivity (Wildman–Crippen MR) is 78.1 cm³/mol. The van der Waals surface area contributed by atoms with Crippen LogP contribution in [0.4, 0.5) is 5.69 Å². The van der Waals surface area contributed by atoms with Crippen molar-refractivity contribution in [2.75, 3.05) is 0 Å². The fourth-order valence-electron chi connectivity index (χ4n) is 1.65. The molecule has 20 heteroatoms. The summed E-state index contributed by atoms with van der Waals surface area (Å²) in [5.41, 5.74) is -2.01. The molecule has 0 unspecified atom stereocenters. The van der Waals surface area contributed by atoms with Crippen LogP contribution in [0, 0.1) is 5.39 Å². The first-order valence-corrected chi connectivity index (χ1v) is 11.5. The molecule has 1 aromatic rings. The second-order valence-corrected chi connectivity index (χ2v) is 10.2. The number of benzene rings is 1. The fraction of sp³-hybridized carbons (Fsp3) is 0. The van der Waals surface area contributed by atoms with Crippen molar-refractivity contribution in [3.8, 4) is 0 Å². The van der Waals surface area contributed by atoms with Crippen LogP contribution in [-0.4, -0.2) is 51.9 Å². The maximum absolute atomic E-state index is 11.4. The second-order valence-electron chi connectivity index (χ2n) is 3.98. The van der Waals surface area contributed by atoms with E-state index in [9.17, 15) is 33.7 Å². The SMILES string of the molecule is N#[N+]c1c(S(=O)(=O)O)c(S(=O)(=O)O)c(Br)c(S(=O)(=O)O)c1S(=O)(=O)O.[Br-]. The van der Waals surface area contributed by atoms with Gasteiger partial charge in [0.2, 0.25) is 15.2 Å². The van der Waals surface area contributed by atoms with Crippen LogP contribution in [-0.2, 0) is 40.5 Å². The summed E-state index contributed by atoms with van der Waals surface area (Å²) in [6, 6.07) is 0. The molecule has 0 saturated carbocycles. The lowest BCUT2D eigenvalue weighted by Crippen LogP contribution is -3.00. The van der Waals surface area contributed by atoms with Gasteiger partial charge in [0.1, 0.15) is 9.79 Å². The second kappa shape index (κ2) is 7.34. The minimum absolute atomic E-state index is 0. The quantitative estimate of drug-likeness (QED) is 0.203. The highest BCUT2D eigenvalue weighted by Crippen LogP contribution is 2.46. The number of hydrogen-bond donors (Lipinski definition) is 4. The molecule has 0 spiro atoms. The van der Waals surface area contributed by atoms with E-state index in [4.69, 9.17) is 23.6 Å². The number of hydrogen-bond acceptors (Lipinski definition) is 9. The first kappa shape index (κ1) is 25.2. The summed E-state index contributed by atoms with van der Waals surface area (Å²) in [7, 11) is -23.1. The Hall–Kier alpha value is -0.760. The summed E-state index contributed by atoms with van der Waals surface area (Å²) >= 11 is 2.15. The number of rotatable bonds is 4. The average molecular weight is 584 g/mol. The summed E-state index contributed by atoms with van der Waals surface area (Å²) < 4.78 is 126. The Morgan fingerprint density at radius 1 is 0.654 bits per heavy atom. The topological polar surface area (TPSA) is 246 Å². The molecular weight excluding hydrogens is 580 g/mol. The molecule has 1 rings (SSSR count). The molecule has 0 radical (unpaired) electrons. The van der Waals surface area contributed by atoms with Gasteiger partial charge in [0.05, 0.1) is 4.47 Å². The molecule has 0 bridgehead atoms. The number of halogens is 2. The summed E-state index contributed by atoms with van der Waals surface area (Å²) in [6.07, 6.45) is 0. The number of nitrogens with zero attached hydrogens (tertiary/aromatic N) is 2. The Labute approximate surface area is 164 Å². The summed E-state index contributed by atoms with van der Waals surface area (Å²) in [6.45, 7) is 0. The van der Waals surface area contributed by atoms with Gasteiger partial charge >= 0.3 is 25.9 Å². The summed E-state index contributed by atoms with van der Waals surface area (Å²) in [4.78, 5) is -6.11. The van der Waals surface area contributed by atoms with Crippen molar-refractivity contribution < 1.29 is 68.9 Å². The average Bonchev–Trinajstić information content (AvgIpc) is 2.31. The largest absolute Gasteiger partial charge is 1.00 e. The smallest absolute Gasteiger partial charge is 0.429 e. The lowest BCUT2D eigenvalue weighted by molar-refractivity contribution is -0.0000214. The molecule has 1 aromatic carbocycles. The van der Waals surface area contributed by atoms with Crippen molar-refractivity contribution in [1.29, 1.82) is 5.39 Å². The highest BCUT2D eigenvalue weighted by Gasteiger charge is 2.48. The molecular formula is C6H4Br2N2O12S4. The Kier molecular flexibility index (Phi) is 7.12. The van der Waals surface area contributed by atoms with Gasteiger partial charge in [-0.15, -0.1) is 0 Å². The van der Waals surface area contributed by atoms with Gasteiger partial charge in [0.25, 0.3) is 20.2 Å². The van der Waals surface area contributed by atoms with E-state index in [1.54, 1.807) is 0 Å². The van der Waals surface area contributed by atoms with Gasteiger partial charge in [-0.05, 0) is 15.9 Å². The third-order valence-electron chi connectivity index (χ3n) is 2.37. The van der Waals surface area contributed by atoms with Gasteiger partial charge in [-0.2, -0.15) is 33.7 Å². The summed E-state index contributed by atoms with van der Waals surface area (Å²) in [5, 5.41) is 8.80. The van der Waals surface area contributed by atoms with E-state index in [0.717, 1.165) is 0 Å². The lowest BCUT2D eigenvalue weighted by Gasteiger charge is -2.11. The monoisotopic (exact) mass is 582 g/mol. The zero-order valence-corrected chi connectivity index (χ0v) is 17.8. The molecule has 0 aliphatic rings. The number of diazo groups is 1. The van der Waals surface area contributed by atoms with Crippen LogP contribution in [0.5, 0.6) is 0 Å². The molecule has 26 heavy (non-hydrogen) atoms. The fourth-order valence-corrected chi connectivity index (χ4v) is 7.70. The van der Waals surface area contributed by atoms with Crippen molar-refractivity contribution in [2.24, 2.45) is 0 Å². The van der Waals surface area contributed by atoms with Crippen LogP contribution in [0.3, 0.4) is 0 Å². The highest BCUT2D eigenvalue weighted by molar-refractivity contribution is 9.10. The van der Waals surface area contributed by atoms with Gasteiger partial charge < -0.3 is 17.0 Å². The van der Waals surface area contributed by atoms with Gasteiger partial charge in [-0.25, -0.2) is 0 Å². The van der Waals surface area contributed by atoms with Crippen LogP contribution in [0.2, 0.25) is 0 Å². The molecule has 0 atom stereocenters. The van der Waals surface area contributed by atoms with Gasteiger partial charge in [0, 0.05) is 0 Å². The molecule has 0 aliphatic heterocycles. The maximum atomic E-state index is 11.4. The van der Waals surface area contributed by atoms with E-state index in [1.165, 1.54) is 0 Å². The molecule has 0 heterocycles. The van der Waals surface area contributed by atoms with Crippen LogP contribution >= 0.6 is 15.9 Å². The third kappa shape index (κ3) is 4.74. The van der Waals surface area contributed by atoms with E-state index in [-0.39, 0.29) is 17.0 Å². The van der Waals surface area contributed by atoms with Gasteiger partial charge in [-0.3, -0.25) is 18.2 Å². The first-order chi connectivity index (χ1) is 10.8. The normalized spacial score (nSPS) is 12.9. The zero-order chi connectivity index (χ0) is 20.2. The Morgan fingerprint density at radius 3 is 1.04 bits per heavy atom. The van der Waals surface area contributed by atoms with Crippen molar-refractivity contribution >= 4 is 62.1 Å². The summed E-state index contributed by atoms with van der Waals surface area (Å²) in [5.74, 6) is 0. The van der Waals surface area contributed by atoms with Gasteiger partial charge in [0.15, 0.2) is 4.98 Å². The van der Waals surface area contributed by atoms with Gasteiger partial charge in [-0.1, -0.05) is 0 Å². The molecule has 14 nitrogen and oxygen atoms in total. The molecule has 4 N–H and O–H groups in total. The molecule has 0 aliphatic carbocycles. The van der Waals surface area contributed by atoms with Crippen molar-refractivity contribution in [1.82, 2.24) is 0 Å². The third-order valence-corrected chi connectivity index (χ3v) is 7.62. The van der Waals surface area contributed by atoms with Crippen molar-refractivity contribution in [3.63, 3.8) is 0 Å². The minimum Gasteiger partial charge on any atom is -1.00 e. The van der Waals surface area contributed by atoms with E-state index >= 15 is 0 Å². The van der Waals surface area contributed by atoms with E-state index in [1.807, 2.05) is 4.98 Å². The first-order valence-electron chi connectivity index (χ1n) is 4.99. The molecule has 0 saturated heterocycles.